The Hall–Kier alpha value is -1.99. The number of piperazine rings is 1. The van der Waals surface area contributed by atoms with Crippen LogP contribution in [0, 0.1) is 0 Å². The number of hydrogen-bond donors (Lipinski definition) is 1. The molecule has 3 heterocycles. The summed E-state index contributed by atoms with van der Waals surface area (Å²) in [4.78, 5) is 12.3. The van der Waals surface area contributed by atoms with Gasteiger partial charge in [0.25, 0.3) is 0 Å². The lowest BCUT2D eigenvalue weighted by molar-refractivity contribution is -0.0432. The topological polar surface area (TPSA) is 52.6 Å². The third-order valence-corrected chi connectivity index (χ3v) is 6.25. The van der Waals surface area contributed by atoms with Crippen LogP contribution in [-0.2, 0) is 4.74 Å². The molecule has 3 saturated heterocycles. The molecule has 7 heteroatoms. The maximum absolute atomic E-state index is 6.09. The average molecular weight is 402 g/mol. The molecule has 2 atom stereocenters. The zero-order valence-electron chi connectivity index (χ0n) is 17.8. The van der Waals surface area contributed by atoms with Gasteiger partial charge in [0.05, 0.1) is 32.1 Å². The second-order valence-electron chi connectivity index (χ2n) is 8.09. The molecule has 160 valence electrons. The lowest BCUT2D eigenvalue weighted by Gasteiger charge is -2.38. The van der Waals surface area contributed by atoms with E-state index in [1.165, 1.54) is 25.1 Å². The highest BCUT2D eigenvalue weighted by atomic mass is 16.5. The molecule has 1 aromatic carbocycles. The predicted octanol–water partition coefficient (Wildman–Crippen LogP) is 1.65. The number of morpholine rings is 1. The van der Waals surface area contributed by atoms with Crippen molar-refractivity contribution < 1.29 is 9.47 Å². The van der Waals surface area contributed by atoms with Gasteiger partial charge in [-0.15, -0.1) is 0 Å². The smallest absolute Gasteiger partial charge is 0.194 e. The van der Waals surface area contributed by atoms with Gasteiger partial charge in [-0.05, 0) is 38.4 Å². The van der Waals surface area contributed by atoms with Crippen molar-refractivity contribution in [3.05, 3.63) is 24.3 Å². The standard InChI is InChI=1S/C22H35N5O2/c1-3-23-22(24-15-19-16-27-10-6-7-18(27)17-29-19)26-13-11-25(12-14-26)20-8-4-5-9-21(20)28-2/h4-5,8-9,18-19H,3,6-7,10-17H2,1-2H3,(H,23,24). The van der Waals surface area contributed by atoms with Crippen molar-refractivity contribution in [1.29, 1.82) is 0 Å². The molecule has 3 aliphatic heterocycles. The van der Waals surface area contributed by atoms with Gasteiger partial charge in [-0.1, -0.05) is 12.1 Å². The molecular formula is C22H35N5O2. The van der Waals surface area contributed by atoms with E-state index in [1.807, 2.05) is 12.1 Å². The monoisotopic (exact) mass is 401 g/mol. The average Bonchev–Trinajstić information content (AvgIpc) is 3.25. The van der Waals surface area contributed by atoms with Gasteiger partial charge < -0.3 is 24.6 Å². The van der Waals surface area contributed by atoms with Crippen LogP contribution in [-0.4, -0.2) is 94.0 Å². The number of anilines is 1. The molecule has 0 aromatic heterocycles. The minimum Gasteiger partial charge on any atom is -0.495 e. The second kappa shape index (κ2) is 9.67. The first-order valence-corrected chi connectivity index (χ1v) is 11.1. The summed E-state index contributed by atoms with van der Waals surface area (Å²) >= 11 is 0. The zero-order valence-corrected chi connectivity index (χ0v) is 17.8. The van der Waals surface area contributed by atoms with Crippen LogP contribution in [0.25, 0.3) is 0 Å². The highest BCUT2D eigenvalue weighted by Gasteiger charge is 2.32. The Kier molecular flexibility index (Phi) is 6.77. The summed E-state index contributed by atoms with van der Waals surface area (Å²) in [6.07, 6.45) is 2.81. The van der Waals surface area contributed by atoms with Crippen LogP contribution in [0.2, 0.25) is 0 Å². The number of fused-ring (bicyclic) bond motifs is 1. The summed E-state index contributed by atoms with van der Waals surface area (Å²) in [5, 5.41) is 3.48. The van der Waals surface area contributed by atoms with Crippen LogP contribution in [0.1, 0.15) is 19.8 Å². The number of aliphatic imine (C=N–C) groups is 1. The van der Waals surface area contributed by atoms with Crippen LogP contribution >= 0.6 is 0 Å². The summed E-state index contributed by atoms with van der Waals surface area (Å²) in [5.74, 6) is 1.95. The van der Waals surface area contributed by atoms with Crippen LogP contribution in [0.15, 0.2) is 29.3 Å². The normalized spacial score (nSPS) is 25.8. The van der Waals surface area contributed by atoms with Crippen LogP contribution in [0.5, 0.6) is 5.75 Å². The number of para-hydroxylation sites is 2. The number of hydrogen-bond acceptors (Lipinski definition) is 5. The van der Waals surface area contributed by atoms with Gasteiger partial charge >= 0.3 is 0 Å². The number of benzene rings is 1. The van der Waals surface area contributed by atoms with Crippen molar-refractivity contribution in [2.24, 2.45) is 4.99 Å². The Balaban J connectivity index is 1.34. The Labute approximate surface area is 174 Å². The van der Waals surface area contributed by atoms with Crippen molar-refractivity contribution in [1.82, 2.24) is 15.1 Å². The van der Waals surface area contributed by atoms with Gasteiger partial charge in [-0.25, -0.2) is 0 Å². The Morgan fingerprint density at radius 3 is 2.83 bits per heavy atom. The van der Waals surface area contributed by atoms with E-state index in [9.17, 15) is 0 Å². The molecule has 0 spiro atoms. The number of rotatable bonds is 5. The summed E-state index contributed by atoms with van der Waals surface area (Å²) in [6.45, 7) is 10.7. The maximum atomic E-state index is 6.09. The van der Waals surface area contributed by atoms with Gasteiger partial charge in [0.1, 0.15) is 5.75 Å². The highest BCUT2D eigenvalue weighted by molar-refractivity contribution is 5.80. The molecule has 1 aromatic rings. The molecule has 4 rings (SSSR count). The minimum atomic E-state index is 0.216. The Morgan fingerprint density at radius 2 is 2.03 bits per heavy atom. The molecule has 0 aliphatic carbocycles. The lowest BCUT2D eigenvalue weighted by atomic mass is 10.2. The third-order valence-electron chi connectivity index (χ3n) is 6.25. The van der Waals surface area contributed by atoms with E-state index in [0.29, 0.717) is 6.04 Å². The highest BCUT2D eigenvalue weighted by Crippen LogP contribution is 2.28. The molecule has 0 radical (unpaired) electrons. The van der Waals surface area contributed by atoms with Crippen molar-refractivity contribution in [2.75, 3.05) is 71.0 Å². The van der Waals surface area contributed by atoms with E-state index < -0.39 is 0 Å². The third kappa shape index (κ3) is 4.78. The van der Waals surface area contributed by atoms with Crippen LogP contribution < -0.4 is 15.0 Å². The first-order valence-electron chi connectivity index (χ1n) is 11.1. The van der Waals surface area contributed by atoms with E-state index in [-0.39, 0.29) is 6.10 Å². The fraction of sp³-hybridized carbons (Fsp3) is 0.682. The van der Waals surface area contributed by atoms with Crippen LogP contribution in [0.4, 0.5) is 5.69 Å². The molecule has 29 heavy (non-hydrogen) atoms. The number of nitrogens with zero attached hydrogens (tertiary/aromatic N) is 4. The van der Waals surface area contributed by atoms with Gasteiger partial charge in [-0.2, -0.15) is 0 Å². The molecule has 2 unspecified atom stereocenters. The van der Waals surface area contributed by atoms with E-state index >= 15 is 0 Å². The number of guanidine groups is 1. The van der Waals surface area contributed by atoms with Gasteiger partial charge in [-0.3, -0.25) is 9.89 Å². The molecule has 3 fully saturated rings. The van der Waals surface area contributed by atoms with Crippen LogP contribution in [0.3, 0.4) is 0 Å². The Bertz CT molecular complexity index is 690. The summed E-state index contributed by atoms with van der Waals surface area (Å²) in [6, 6.07) is 8.91. The molecule has 1 N–H and O–H groups in total. The van der Waals surface area contributed by atoms with Crippen molar-refractivity contribution in [3.63, 3.8) is 0 Å². The first kappa shape index (κ1) is 20.3. The van der Waals surface area contributed by atoms with E-state index in [0.717, 1.165) is 64.1 Å². The molecule has 0 bridgehead atoms. The van der Waals surface area contributed by atoms with Crippen molar-refractivity contribution in [2.45, 2.75) is 31.9 Å². The number of nitrogens with one attached hydrogen (secondary N) is 1. The number of ether oxygens (including phenoxy) is 2. The fourth-order valence-electron chi connectivity index (χ4n) is 4.66. The van der Waals surface area contributed by atoms with Gasteiger partial charge in [0.15, 0.2) is 5.96 Å². The molecular weight excluding hydrogens is 366 g/mol. The van der Waals surface area contributed by atoms with Gasteiger partial charge in [0, 0.05) is 45.3 Å². The predicted molar refractivity (Wildman–Crippen MR) is 117 cm³/mol. The Morgan fingerprint density at radius 1 is 1.21 bits per heavy atom. The summed E-state index contributed by atoms with van der Waals surface area (Å²) in [7, 11) is 1.74. The number of methoxy groups -OCH3 is 1. The molecule has 7 nitrogen and oxygen atoms in total. The first-order chi connectivity index (χ1) is 14.3. The summed E-state index contributed by atoms with van der Waals surface area (Å²) in [5.41, 5.74) is 1.17. The minimum absolute atomic E-state index is 0.216. The second-order valence-corrected chi connectivity index (χ2v) is 8.09. The molecule has 0 amide bonds. The summed E-state index contributed by atoms with van der Waals surface area (Å²) < 4.78 is 11.6. The van der Waals surface area contributed by atoms with Gasteiger partial charge in [0.2, 0.25) is 0 Å². The van der Waals surface area contributed by atoms with E-state index in [2.05, 4.69) is 39.1 Å². The SMILES string of the molecule is CCNC(=NCC1CN2CCCC2CO1)N1CCN(c2ccccc2OC)CC1. The lowest BCUT2D eigenvalue weighted by Crippen LogP contribution is -2.53. The molecule has 3 aliphatic rings. The zero-order chi connectivity index (χ0) is 20.1. The van der Waals surface area contributed by atoms with Crippen molar-refractivity contribution >= 4 is 11.6 Å². The largest absolute Gasteiger partial charge is 0.495 e. The maximum Gasteiger partial charge on any atom is 0.194 e. The quantitative estimate of drug-likeness (QED) is 0.598. The van der Waals surface area contributed by atoms with E-state index in [4.69, 9.17) is 14.5 Å². The fourth-order valence-corrected chi connectivity index (χ4v) is 4.66. The molecule has 0 saturated carbocycles. The van der Waals surface area contributed by atoms with E-state index in [1.54, 1.807) is 7.11 Å². The van der Waals surface area contributed by atoms with Crippen molar-refractivity contribution in [3.8, 4) is 5.75 Å².